The minimum Gasteiger partial charge on any atom is -0.350 e. The van der Waals surface area contributed by atoms with Crippen molar-refractivity contribution in [3.8, 4) is 0 Å². The van der Waals surface area contributed by atoms with Gasteiger partial charge in [-0.25, -0.2) is 0 Å². The summed E-state index contributed by atoms with van der Waals surface area (Å²) in [5.74, 6) is 0.0667. The Morgan fingerprint density at radius 3 is 2.47 bits per heavy atom. The van der Waals surface area contributed by atoms with Gasteiger partial charge in [0.15, 0.2) is 0 Å². The average Bonchev–Trinajstić information content (AvgIpc) is 2.27. The monoisotopic (exact) mass is 269 g/mol. The van der Waals surface area contributed by atoms with E-state index in [0.717, 1.165) is 12.8 Å². The highest BCUT2D eigenvalue weighted by atomic mass is 16.2. The Bertz CT molecular complexity index is 336. The van der Waals surface area contributed by atoms with Gasteiger partial charge in [-0.2, -0.15) is 0 Å². The predicted molar refractivity (Wildman–Crippen MR) is 75.4 cm³/mol. The molecule has 1 aliphatic rings. The molecule has 0 radical (unpaired) electrons. The Balaban J connectivity index is 2.40. The molecule has 1 rings (SSSR count). The van der Waals surface area contributed by atoms with Crippen LogP contribution < -0.4 is 16.4 Å². The smallest absolute Gasteiger partial charge is 0.239 e. The second kappa shape index (κ2) is 6.37. The van der Waals surface area contributed by atoms with Gasteiger partial charge in [0, 0.05) is 17.5 Å². The Kier molecular flexibility index (Phi) is 5.35. The van der Waals surface area contributed by atoms with Gasteiger partial charge in [0.05, 0.1) is 6.54 Å². The van der Waals surface area contributed by atoms with Gasteiger partial charge in [-0.05, 0) is 46.0 Å². The highest BCUT2D eigenvalue weighted by molar-refractivity contribution is 5.86. The molecule has 0 aromatic carbocycles. The summed E-state index contributed by atoms with van der Waals surface area (Å²) in [6.45, 7) is 7.85. The van der Waals surface area contributed by atoms with Crippen LogP contribution in [0.1, 0.15) is 47.0 Å². The molecule has 0 aromatic heterocycles. The molecule has 0 bridgehead atoms. The summed E-state index contributed by atoms with van der Waals surface area (Å²) in [5.41, 5.74) is 5.63. The van der Waals surface area contributed by atoms with Crippen molar-refractivity contribution in [3.05, 3.63) is 0 Å². The third kappa shape index (κ3) is 5.59. The highest BCUT2D eigenvalue weighted by Gasteiger charge is 2.31. The second-order valence-corrected chi connectivity index (χ2v) is 6.67. The fourth-order valence-electron chi connectivity index (χ4n) is 2.48. The molecule has 19 heavy (non-hydrogen) atoms. The van der Waals surface area contributed by atoms with E-state index in [1.165, 1.54) is 0 Å². The molecule has 3 unspecified atom stereocenters. The van der Waals surface area contributed by atoms with E-state index in [2.05, 4.69) is 17.6 Å². The van der Waals surface area contributed by atoms with E-state index >= 15 is 0 Å². The molecule has 0 saturated heterocycles. The topological polar surface area (TPSA) is 84.2 Å². The standard InChI is InChI=1S/C14H27N3O2/c1-9-5-6-10(15)7-11(9)13(19)16-8-12(18)17-14(2,3)4/h9-11H,5-8,15H2,1-4H3,(H,16,19)(H,17,18). The van der Waals surface area contributed by atoms with Crippen molar-refractivity contribution in [1.82, 2.24) is 10.6 Å². The van der Waals surface area contributed by atoms with E-state index in [-0.39, 0.29) is 35.9 Å². The number of nitrogens with one attached hydrogen (secondary N) is 2. The Morgan fingerprint density at radius 2 is 1.89 bits per heavy atom. The third-order valence-electron chi connectivity index (χ3n) is 3.51. The fourth-order valence-corrected chi connectivity index (χ4v) is 2.48. The van der Waals surface area contributed by atoms with Crippen LogP contribution in [0.15, 0.2) is 0 Å². The van der Waals surface area contributed by atoms with Gasteiger partial charge in [-0.15, -0.1) is 0 Å². The summed E-state index contributed by atoms with van der Waals surface area (Å²) in [6, 6.07) is 0.107. The van der Waals surface area contributed by atoms with Gasteiger partial charge in [0.25, 0.3) is 0 Å². The first kappa shape index (κ1) is 16.0. The Morgan fingerprint density at radius 1 is 1.26 bits per heavy atom. The van der Waals surface area contributed by atoms with Crippen LogP contribution in [-0.2, 0) is 9.59 Å². The van der Waals surface area contributed by atoms with Gasteiger partial charge in [-0.3, -0.25) is 9.59 Å². The van der Waals surface area contributed by atoms with Crippen LogP contribution in [0.5, 0.6) is 0 Å². The van der Waals surface area contributed by atoms with Crippen molar-refractivity contribution in [2.24, 2.45) is 17.6 Å². The molecule has 1 aliphatic carbocycles. The number of rotatable bonds is 3. The molecule has 4 N–H and O–H groups in total. The van der Waals surface area contributed by atoms with Gasteiger partial charge in [-0.1, -0.05) is 6.92 Å². The summed E-state index contributed by atoms with van der Waals surface area (Å²) in [4.78, 5) is 23.7. The van der Waals surface area contributed by atoms with Crippen molar-refractivity contribution in [2.75, 3.05) is 6.54 Å². The molecule has 110 valence electrons. The molecule has 5 nitrogen and oxygen atoms in total. The lowest BCUT2D eigenvalue weighted by molar-refractivity contribution is -0.131. The van der Waals surface area contributed by atoms with Crippen LogP contribution in [0.25, 0.3) is 0 Å². The molecule has 2 amide bonds. The fraction of sp³-hybridized carbons (Fsp3) is 0.857. The summed E-state index contributed by atoms with van der Waals surface area (Å²) < 4.78 is 0. The zero-order valence-electron chi connectivity index (χ0n) is 12.5. The van der Waals surface area contributed by atoms with Crippen LogP contribution in [0.2, 0.25) is 0 Å². The van der Waals surface area contributed by atoms with E-state index in [0.29, 0.717) is 12.3 Å². The average molecular weight is 269 g/mol. The quantitative estimate of drug-likeness (QED) is 0.708. The van der Waals surface area contributed by atoms with Gasteiger partial charge in [0.2, 0.25) is 11.8 Å². The zero-order valence-corrected chi connectivity index (χ0v) is 12.5. The number of carbonyl (C=O) groups is 2. The van der Waals surface area contributed by atoms with E-state index in [1.54, 1.807) is 0 Å². The van der Waals surface area contributed by atoms with E-state index in [9.17, 15) is 9.59 Å². The lowest BCUT2D eigenvalue weighted by Crippen LogP contribution is -2.48. The summed E-state index contributed by atoms with van der Waals surface area (Å²) in [6.07, 6.45) is 2.68. The maximum Gasteiger partial charge on any atom is 0.239 e. The van der Waals surface area contributed by atoms with E-state index in [1.807, 2.05) is 20.8 Å². The summed E-state index contributed by atoms with van der Waals surface area (Å²) >= 11 is 0. The lowest BCUT2D eigenvalue weighted by atomic mass is 9.78. The Hall–Kier alpha value is -1.10. The van der Waals surface area contributed by atoms with Crippen molar-refractivity contribution >= 4 is 11.8 Å². The Labute approximate surface area is 115 Å². The van der Waals surface area contributed by atoms with Crippen LogP contribution in [-0.4, -0.2) is 29.9 Å². The highest BCUT2D eigenvalue weighted by Crippen LogP contribution is 2.28. The molecular weight excluding hydrogens is 242 g/mol. The maximum absolute atomic E-state index is 12.1. The van der Waals surface area contributed by atoms with Crippen LogP contribution in [0, 0.1) is 11.8 Å². The molecule has 1 saturated carbocycles. The first-order valence-corrected chi connectivity index (χ1v) is 7.03. The van der Waals surface area contributed by atoms with Crippen LogP contribution in [0.4, 0.5) is 0 Å². The molecule has 3 atom stereocenters. The van der Waals surface area contributed by atoms with Gasteiger partial charge < -0.3 is 16.4 Å². The van der Waals surface area contributed by atoms with Crippen molar-refractivity contribution < 1.29 is 9.59 Å². The molecule has 0 heterocycles. The summed E-state index contributed by atoms with van der Waals surface area (Å²) in [7, 11) is 0. The van der Waals surface area contributed by atoms with E-state index in [4.69, 9.17) is 5.73 Å². The van der Waals surface area contributed by atoms with Crippen LogP contribution in [0.3, 0.4) is 0 Å². The minimum atomic E-state index is -0.276. The van der Waals surface area contributed by atoms with Gasteiger partial charge in [0.1, 0.15) is 0 Å². The largest absolute Gasteiger partial charge is 0.350 e. The first-order chi connectivity index (χ1) is 8.69. The van der Waals surface area contributed by atoms with Crippen molar-refractivity contribution in [2.45, 2.75) is 58.5 Å². The molecule has 5 heteroatoms. The van der Waals surface area contributed by atoms with Crippen molar-refractivity contribution in [1.29, 1.82) is 0 Å². The zero-order chi connectivity index (χ0) is 14.6. The van der Waals surface area contributed by atoms with Gasteiger partial charge >= 0.3 is 0 Å². The third-order valence-corrected chi connectivity index (χ3v) is 3.51. The number of hydrogen-bond acceptors (Lipinski definition) is 3. The SMILES string of the molecule is CC1CCC(N)CC1C(=O)NCC(=O)NC(C)(C)C. The molecule has 0 spiro atoms. The number of amides is 2. The summed E-state index contributed by atoms with van der Waals surface area (Å²) in [5, 5.41) is 5.54. The first-order valence-electron chi connectivity index (χ1n) is 7.03. The maximum atomic E-state index is 12.1. The number of carbonyl (C=O) groups excluding carboxylic acids is 2. The minimum absolute atomic E-state index is 0.0363. The predicted octanol–water partition coefficient (Wildman–Crippen LogP) is 0.781. The number of nitrogens with two attached hydrogens (primary N) is 1. The normalized spacial score (nSPS) is 27.7. The molecule has 0 aliphatic heterocycles. The molecule has 0 aromatic rings. The van der Waals surface area contributed by atoms with E-state index < -0.39 is 0 Å². The number of hydrogen-bond donors (Lipinski definition) is 3. The molecule has 1 fully saturated rings. The molecular formula is C14H27N3O2. The second-order valence-electron chi connectivity index (χ2n) is 6.67. The lowest BCUT2D eigenvalue weighted by Gasteiger charge is -2.31. The van der Waals surface area contributed by atoms with Crippen LogP contribution >= 0.6 is 0 Å². The van der Waals surface area contributed by atoms with Crippen molar-refractivity contribution in [3.63, 3.8) is 0 Å².